The summed E-state index contributed by atoms with van der Waals surface area (Å²) in [5.41, 5.74) is 2.16. The van der Waals surface area contributed by atoms with E-state index in [1.807, 2.05) is 77.7 Å². The molecule has 0 bridgehead atoms. The number of fused-ring (bicyclic) bond motifs is 7. The van der Waals surface area contributed by atoms with Gasteiger partial charge in [0.15, 0.2) is 0 Å². The summed E-state index contributed by atoms with van der Waals surface area (Å²) in [6, 6.07) is 26.8. The number of imide groups is 1. The van der Waals surface area contributed by atoms with Crippen molar-refractivity contribution in [3.63, 3.8) is 0 Å². The van der Waals surface area contributed by atoms with Crippen molar-refractivity contribution in [3.05, 3.63) is 96.1 Å². The first-order valence-corrected chi connectivity index (χ1v) is 12.3. The molecule has 0 aliphatic carbocycles. The number of amides is 3. The first kappa shape index (κ1) is 20.6. The van der Waals surface area contributed by atoms with Crippen LogP contribution >= 0.6 is 0 Å². The van der Waals surface area contributed by atoms with Crippen molar-refractivity contribution in [2.24, 2.45) is 11.8 Å². The van der Waals surface area contributed by atoms with Crippen LogP contribution in [0.3, 0.4) is 0 Å². The summed E-state index contributed by atoms with van der Waals surface area (Å²) in [6.07, 6.45) is 1.73. The Morgan fingerprint density at radius 1 is 0.800 bits per heavy atom. The van der Waals surface area contributed by atoms with Gasteiger partial charge in [-0.1, -0.05) is 66.7 Å². The zero-order chi connectivity index (χ0) is 23.7. The van der Waals surface area contributed by atoms with Crippen molar-refractivity contribution < 1.29 is 14.4 Å². The van der Waals surface area contributed by atoms with Crippen molar-refractivity contribution in [2.45, 2.75) is 31.0 Å². The Hall–Kier alpha value is -3.77. The molecule has 4 atom stereocenters. The molecule has 6 heteroatoms. The molecule has 35 heavy (non-hydrogen) atoms. The molecule has 3 aromatic rings. The molecule has 0 unspecified atom stereocenters. The lowest BCUT2D eigenvalue weighted by atomic mass is 9.75. The molecule has 3 fully saturated rings. The average Bonchev–Trinajstić information content (AvgIpc) is 3.59. The summed E-state index contributed by atoms with van der Waals surface area (Å²) in [7, 11) is 0. The minimum absolute atomic E-state index is 0.0852. The van der Waals surface area contributed by atoms with E-state index in [0.29, 0.717) is 18.8 Å². The van der Waals surface area contributed by atoms with Crippen LogP contribution in [0.25, 0.3) is 0 Å². The van der Waals surface area contributed by atoms with Crippen LogP contribution < -0.4 is 9.80 Å². The molecule has 0 aromatic heterocycles. The SMILES string of the molecule is O=C1[C@H]2[C@@H](C(=O)N1c1ccccc1)[C@@]1(C(=O)N(Cc3ccccc3)c3ccccc31)N1CCC[C@@H]21. The second-order valence-corrected chi connectivity index (χ2v) is 9.91. The molecule has 4 heterocycles. The van der Waals surface area contributed by atoms with Gasteiger partial charge < -0.3 is 4.90 Å². The number of hydrogen-bond acceptors (Lipinski definition) is 4. The standard InChI is InChI=1S/C29H25N3O3/c33-26-24-23-16-9-17-31(23)29(25(24)27(34)32(26)20-12-5-2-6-13-20)21-14-7-8-15-22(21)30(28(29)35)18-19-10-3-1-4-11-19/h1-8,10-15,23-25H,9,16-18H2/t23-,24+,25-,29-/m0/s1. The van der Waals surface area contributed by atoms with Gasteiger partial charge in [0.25, 0.3) is 5.91 Å². The lowest BCUT2D eigenvalue weighted by molar-refractivity contribution is -0.137. The minimum Gasteiger partial charge on any atom is -0.306 e. The van der Waals surface area contributed by atoms with Gasteiger partial charge in [-0.25, -0.2) is 4.90 Å². The van der Waals surface area contributed by atoms with Crippen LogP contribution in [0.15, 0.2) is 84.9 Å². The quantitative estimate of drug-likeness (QED) is 0.556. The van der Waals surface area contributed by atoms with Crippen molar-refractivity contribution in [1.29, 1.82) is 0 Å². The summed E-state index contributed by atoms with van der Waals surface area (Å²) in [4.78, 5) is 47.9. The topological polar surface area (TPSA) is 60.9 Å². The van der Waals surface area contributed by atoms with Gasteiger partial charge in [-0.2, -0.15) is 0 Å². The molecule has 4 aliphatic heterocycles. The van der Waals surface area contributed by atoms with E-state index in [4.69, 9.17) is 0 Å². The van der Waals surface area contributed by atoms with Crippen LogP contribution in [-0.2, 0) is 26.5 Å². The molecule has 0 saturated carbocycles. The van der Waals surface area contributed by atoms with Gasteiger partial charge in [0.1, 0.15) is 5.54 Å². The van der Waals surface area contributed by atoms with E-state index in [1.165, 1.54) is 4.90 Å². The Morgan fingerprint density at radius 2 is 1.49 bits per heavy atom. The Labute approximate surface area is 203 Å². The van der Waals surface area contributed by atoms with Gasteiger partial charge >= 0.3 is 0 Å². The normalized spacial score (nSPS) is 29.3. The van der Waals surface area contributed by atoms with Crippen LogP contribution in [0.4, 0.5) is 11.4 Å². The van der Waals surface area contributed by atoms with E-state index in [1.54, 1.807) is 12.1 Å². The number of benzene rings is 3. The molecule has 0 N–H and O–H groups in total. The van der Waals surface area contributed by atoms with E-state index in [2.05, 4.69) is 4.90 Å². The van der Waals surface area contributed by atoms with E-state index in [-0.39, 0.29) is 23.8 Å². The third kappa shape index (κ3) is 2.55. The van der Waals surface area contributed by atoms with Crippen LogP contribution in [0, 0.1) is 11.8 Å². The second kappa shape index (κ2) is 7.36. The highest BCUT2D eigenvalue weighted by Crippen LogP contribution is 2.62. The van der Waals surface area contributed by atoms with Crippen molar-refractivity contribution >= 4 is 29.1 Å². The fraction of sp³-hybridized carbons (Fsp3) is 0.276. The van der Waals surface area contributed by atoms with Crippen LogP contribution in [-0.4, -0.2) is 35.2 Å². The van der Waals surface area contributed by atoms with Gasteiger partial charge in [-0.3, -0.25) is 19.3 Å². The van der Waals surface area contributed by atoms with E-state index >= 15 is 0 Å². The van der Waals surface area contributed by atoms with E-state index in [0.717, 1.165) is 29.7 Å². The summed E-state index contributed by atoms with van der Waals surface area (Å²) >= 11 is 0. The van der Waals surface area contributed by atoms with Gasteiger partial charge in [0, 0.05) is 17.3 Å². The molecule has 6 nitrogen and oxygen atoms in total. The summed E-state index contributed by atoms with van der Waals surface area (Å²) < 4.78 is 0. The predicted octanol–water partition coefficient (Wildman–Crippen LogP) is 3.71. The molecular weight excluding hydrogens is 438 g/mol. The first-order chi connectivity index (χ1) is 17.1. The second-order valence-electron chi connectivity index (χ2n) is 9.91. The number of carbonyl (C=O) groups excluding carboxylic acids is 3. The molecule has 7 rings (SSSR count). The first-order valence-electron chi connectivity index (χ1n) is 12.3. The van der Waals surface area contributed by atoms with Crippen molar-refractivity contribution in [2.75, 3.05) is 16.3 Å². The Morgan fingerprint density at radius 3 is 2.26 bits per heavy atom. The lowest BCUT2D eigenvalue weighted by Crippen LogP contribution is -2.55. The van der Waals surface area contributed by atoms with Crippen LogP contribution in [0.2, 0.25) is 0 Å². The molecule has 3 saturated heterocycles. The maximum atomic E-state index is 14.6. The van der Waals surface area contributed by atoms with Gasteiger partial charge in [-0.15, -0.1) is 0 Å². The average molecular weight is 464 g/mol. The molecule has 174 valence electrons. The van der Waals surface area contributed by atoms with Crippen LogP contribution in [0.1, 0.15) is 24.0 Å². The molecule has 4 aliphatic rings. The third-order valence-corrected chi connectivity index (χ3v) is 8.34. The molecule has 3 amide bonds. The summed E-state index contributed by atoms with van der Waals surface area (Å²) in [6.45, 7) is 1.14. The number of para-hydroxylation sites is 2. The molecule has 3 aromatic carbocycles. The fourth-order valence-electron chi connectivity index (χ4n) is 7.09. The Kier molecular flexibility index (Phi) is 4.33. The van der Waals surface area contributed by atoms with Crippen LogP contribution in [0.5, 0.6) is 0 Å². The number of anilines is 2. The third-order valence-electron chi connectivity index (χ3n) is 8.34. The highest BCUT2D eigenvalue weighted by molar-refractivity contribution is 6.26. The number of rotatable bonds is 3. The van der Waals surface area contributed by atoms with Gasteiger partial charge in [-0.05, 0) is 43.1 Å². The van der Waals surface area contributed by atoms with Crippen molar-refractivity contribution in [1.82, 2.24) is 4.90 Å². The zero-order valence-corrected chi connectivity index (χ0v) is 19.2. The monoisotopic (exact) mass is 463 g/mol. The molecule has 0 radical (unpaired) electrons. The fourth-order valence-corrected chi connectivity index (χ4v) is 7.09. The Bertz CT molecular complexity index is 1360. The minimum atomic E-state index is -1.15. The van der Waals surface area contributed by atoms with E-state index < -0.39 is 17.4 Å². The van der Waals surface area contributed by atoms with E-state index in [9.17, 15) is 14.4 Å². The summed E-state index contributed by atoms with van der Waals surface area (Å²) in [5, 5.41) is 0. The zero-order valence-electron chi connectivity index (χ0n) is 19.2. The van der Waals surface area contributed by atoms with Gasteiger partial charge in [0.05, 0.1) is 24.1 Å². The Balaban J connectivity index is 1.41. The maximum Gasteiger partial charge on any atom is 0.253 e. The van der Waals surface area contributed by atoms with Crippen molar-refractivity contribution in [3.8, 4) is 0 Å². The number of hydrogen-bond donors (Lipinski definition) is 0. The smallest absolute Gasteiger partial charge is 0.253 e. The molecular formula is C29H25N3O3. The molecule has 1 spiro atoms. The summed E-state index contributed by atoms with van der Waals surface area (Å²) in [5.74, 6) is -1.76. The maximum absolute atomic E-state index is 14.6. The van der Waals surface area contributed by atoms with Gasteiger partial charge in [0.2, 0.25) is 11.8 Å². The number of carbonyl (C=O) groups is 3. The predicted molar refractivity (Wildman–Crippen MR) is 131 cm³/mol. The lowest BCUT2D eigenvalue weighted by Gasteiger charge is -2.37. The highest BCUT2D eigenvalue weighted by atomic mass is 16.2. The number of nitrogens with zero attached hydrogens (tertiary/aromatic N) is 3. The highest BCUT2D eigenvalue weighted by Gasteiger charge is 2.75. The largest absolute Gasteiger partial charge is 0.306 e.